The van der Waals surface area contributed by atoms with Gasteiger partial charge in [0.2, 0.25) is 0 Å². The third-order valence-corrected chi connectivity index (χ3v) is 3.14. The first-order valence-corrected chi connectivity index (χ1v) is 6.49. The molecule has 0 aliphatic rings. The molecular formula is C13H15BrN2O. The van der Waals surface area contributed by atoms with Crippen LogP contribution in [0.1, 0.15) is 30.8 Å². The first kappa shape index (κ1) is 12.3. The zero-order valence-electron chi connectivity index (χ0n) is 9.69. The summed E-state index contributed by atoms with van der Waals surface area (Å²) in [5, 5.41) is 3.44. The van der Waals surface area contributed by atoms with Crippen LogP contribution in [0.4, 0.5) is 0 Å². The minimum atomic E-state index is 0.000486. The summed E-state index contributed by atoms with van der Waals surface area (Å²) in [6.45, 7) is 3.06. The molecule has 1 unspecified atom stereocenters. The van der Waals surface area contributed by atoms with Crippen LogP contribution in [0.2, 0.25) is 0 Å². The van der Waals surface area contributed by atoms with Gasteiger partial charge in [0.15, 0.2) is 0 Å². The van der Waals surface area contributed by atoms with Crippen LogP contribution in [0, 0.1) is 0 Å². The van der Waals surface area contributed by atoms with Crippen molar-refractivity contribution in [3.63, 3.8) is 0 Å². The van der Waals surface area contributed by atoms with E-state index in [-0.39, 0.29) is 6.04 Å². The Morgan fingerprint density at radius 3 is 2.88 bits per heavy atom. The van der Waals surface area contributed by atoms with E-state index in [9.17, 15) is 0 Å². The Balaban J connectivity index is 2.29. The second-order valence-corrected chi connectivity index (χ2v) is 4.63. The lowest BCUT2D eigenvalue weighted by Crippen LogP contribution is -2.23. The Hall–Kier alpha value is -1.13. The van der Waals surface area contributed by atoms with Gasteiger partial charge in [-0.2, -0.15) is 0 Å². The third kappa shape index (κ3) is 2.96. The summed E-state index contributed by atoms with van der Waals surface area (Å²) in [6.07, 6.45) is 4.55. The topological polar surface area (TPSA) is 38.1 Å². The van der Waals surface area contributed by atoms with Gasteiger partial charge in [0.25, 0.3) is 0 Å². The Bertz CT molecular complexity index is 455. The number of pyridine rings is 1. The predicted octanol–water partition coefficient (Wildman–Crippen LogP) is 3.53. The summed E-state index contributed by atoms with van der Waals surface area (Å²) in [4.78, 5) is 4.39. The van der Waals surface area contributed by atoms with E-state index in [0.29, 0.717) is 0 Å². The van der Waals surface area contributed by atoms with Gasteiger partial charge in [0.05, 0.1) is 16.4 Å². The Morgan fingerprint density at radius 2 is 2.29 bits per heavy atom. The van der Waals surface area contributed by atoms with Gasteiger partial charge in [-0.05, 0) is 47.1 Å². The molecule has 0 spiro atoms. The van der Waals surface area contributed by atoms with Gasteiger partial charge < -0.3 is 9.73 Å². The summed E-state index contributed by atoms with van der Waals surface area (Å²) in [6, 6.07) is 7.80. The van der Waals surface area contributed by atoms with Crippen molar-refractivity contribution in [3.05, 3.63) is 52.7 Å². The van der Waals surface area contributed by atoms with Crippen molar-refractivity contribution < 1.29 is 4.42 Å². The minimum Gasteiger partial charge on any atom is -0.466 e. The summed E-state index contributed by atoms with van der Waals surface area (Å²) < 4.78 is 6.50. The smallest absolute Gasteiger partial charge is 0.140 e. The zero-order valence-corrected chi connectivity index (χ0v) is 11.3. The van der Waals surface area contributed by atoms with Crippen LogP contribution in [-0.4, -0.2) is 11.5 Å². The molecular weight excluding hydrogens is 280 g/mol. The van der Waals surface area contributed by atoms with Crippen LogP contribution in [0.5, 0.6) is 0 Å². The lowest BCUT2D eigenvalue weighted by atomic mass is 10.1. The fraction of sp³-hybridized carbons (Fsp3) is 0.308. The second kappa shape index (κ2) is 5.98. The van der Waals surface area contributed by atoms with Gasteiger partial charge in [0.1, 0.15) is 11.8 Å². The molecule has 1 atom stereocenters. The molecule has 0 bridgehead atoms. The molecule has 90 valence electrons. The Labute approximate surface area is 109 Å². The standard InChI is InChI=1S/C13H15BrN2O/c1-2-7-16-12(11-5-3-4-8-15-11)13-10(14)6-9-17-13/h3-6,8-9,12,16H,2,7H2,1H3. The molecule has 0 aliphatic heterocycles. The highest BCUT2D eigenvalue weighted by molar-refractivity contribution is 9.10. The maximum atomic E-state index is 5.53. The summed E-state index contributed by atoms with van der Waals surface area (Å²) in [7, 11) is 0. The first-order chi connectivity index (χ1) is 8.33. The fourth-order valence-corrected chi connectivity index (χ4v) is 2.11. The predicted molar refractivity (Wildman–Crippen MR) is 70.8 cm³/mol. The molecule has 0 aromatic carbocycles. The maximum absolute atomic E-state index is 5.53. The average Bonchev–Trinajstić information content (AvgIpc) is 2.78. The molecule has 2 aromatic heterocycles. The van der Waals surface area contributed by atoms with Crippen LogP contribution in [0.3, 0.4) is 0 Å². The number of rotatable bonds is 5. The molecule has 0 aliphatic carbocycles. The van der Waals surface area contributed by atoms with E-state index < -0.39 is 0 Å². The SMILES string of the molecule is CCCNC(c1ccccn1)c1occc1Br. The lowest BCUT2D eigenvalue weighted by Gasteiger charge is -2.16. The molecule has 2 aromatic rings. The van der Waals surface area contributed by atoms with E-state index in [1.807, 2.05) is 24.3 Å². The molecule has 1 N–H and O–H groups in total. The highest BCUT2D eigenvalue weighted by atomic mass is 79.9. The number of nitrogens with one attached hydrogen (secondary N) is 1. The lowest BCUT2D eigenvalue weighted by molar-refractivity contribution is 0.439. The van der Waals surface area contributed by atoms with Crippen LogP contribution >= 0.6 is 15.9 Å². The summed E-state index contributed by atoms with van der Waals surface area (Å²) in [5.74, 6) is 0.872. The second-order valence-electron chi connectivity index (χ2n) is 3.77. The third-order valence-electron chi connectivity index (χ3n) is 2.49. The van der Waals surface area contributed by atoms with Gasteiger partial charge in [-0.3, -0.25) is 4.98 Å². The van der Waals surface area contributed by atoms with E-state index >= 15 is 0 Å². The normalized spacial score (nSPS) is 12.6. The monoisotopic (exact) mass is 294 g/mol. The van der Waals surface area contributed by atoms with Crippen molar-refractivity contribution in [2.45, 2.75) is 19.4 Å². The zero-order chi connectivity index (χ0) is 12.1. The van der Waals surface area contributed by atoms with Crippen molar-refractivity contribution in [1.82, 2.24) is 10.3 Å². The maximum Gasteiger partial charge on any atom is 0.140 e. The van der Waals surface area contributed by atoms with Gasteiger partial charge in [-0.1, -0.05) is 13.0 Å². The van der Waals surface area contributed by atoms with E-state index in [1.165, 1.54) is 0 Å². The summed E-state index contributed by atoms with van der Waals surface area (Å²) in [5.41, 5.74) is 0.969. The largest absolute Gasteiger partial charge is 0.466 e. The first-order valence-electron chi connectivity index (χ1n) is 5.70. The number of nitrogens with zero attached hydrogens (tertiary/aromatic N) is 1. The van der Waals surface area contributed by atoms with Gasteiger partial charge in [-0.25, -0.2) is 0 Å². The van der Waals surface area contributed by atoms with Crippen molar-refractivity contribution in [2.24, 2.45) is 0 Å². The van der Waals surface area contributed by atoms with Crippen LogP contribution in [0.25, 0.3) is 0 Å². The van der Waals surface area contributed by atoms with E-state index in [2.05, 4.69) is 33.2 Å². The van der Waals surface area contributed by atoms with Gasteiger partial charge in [-0.15, -0.1) is 0 Å². The Morgan fingerprint density at radius 1 is 1.41 bits per heavy atom. The number of hydrogen-bond donors (Lipinski definition) is 1. The van der Waals surface area contributed by atoms with E-state index in [4.69, 9.17) is 4.42 Å². The number of halogens is 1. The molecule has 0 saturated heterocycles. The molecule has 0 radical (unpaired) electrons. The highest BCUT2D eigenvalue weighted by Crippen LogP contribution is 2.28. The van der Waals surface area contributed by atoms with Gasteiger partial charge in [0, 0.05) is 6.20 Å². The molecule has 17 heavy (non-hydrogen) atoms. The van der Waals surface area contributed by atoms with Gasteiger partial charge >= 0.3 is 0 Å². The Kier molecular flexibility index (Phi) is 4.34. The quantitative estimate of drug-likeness (QED) is 0.917. The van der Waals surface area contributed by atoms with Crippen LogP contribution in [0.15, 0.2) is 45.6 Å². The number of hydrogen-bond acceptors (Lipinski definition) is 3. The molecule has 0 fully saturated rings. The number of furan rings is 1. The summed E-state index contributed by atoms with van der Waals surface area (Å²) >= 11 is 3.49. The minimum absolute atomic E-state index is 0.000486. The number of aromatic nitrogens is 1. The highest BCUT2D eigenvalue weighted by Gasteiger charge is 2.20. The van der Waals surface area contributed by atoms with E-state index in [1.54, 1.807) is 12.5 Å². The van der Waals surface area contributed by atoms with Crippen molar-refractivity contribution >= 4 is 15.9 Å². The van der Waals surface area contributed by atoms with Crippen LogP contribution in [-0.2, 0) is 0 Å². The van der Waals surface area contributed by atoms with Crippen LogP contribution < -0.4 is 5.32 Å². The molecule has 3 nitrogen and oxygen atoms in total. The van der Waals surface area contributed by atoms with Crippen molar-refractivity contribution in [2.75, 3.05) is 6.54 Å². The molecule has 0 amide bonds. The van der Waals surface area contributed by atoms with Crippen molar-refractivity contribution in [3.8, 4) is 0 Å². The fourth-order valence-electron chi connectivity index (χ4n) is 1.68. The molecule has 4 heteroatoms. The van der Waals surface area contributed by atoms with E-state index in [0.717, 1.165) is 28.9 Å². The molecule has 2 heterocycles. The molecule has 0 saturated carbocycles. The molecule has 2 rings (SSSR count). The average molecular weight is 295 g/mol. The van der Waals surface area contributed by atoms with Crippen molar-refractivity contribution in [1.29, 1.82) is 0 Å².